The second-order valence-electron chi connectivity index (χ2n) is 7.43. The number of rotatable bonds is 9. The Bertz CT molecular complexity index is 303. The Morgan fingerprint density at radius 1 is 1.00 bits per heavy atom. The van der Waals surface area contributed by atoms with Gasteiger partial charge in [-0.2, -0.15) is 0 Å². The maximum absolute atomic E-state index is 11.8. The number of carbonyl (C=O) groups excluding carboxylic acids is 1. The van der Waals surface area contributed by atoms with E-state index in [4.69, 9.17) is 15.2 Å². The van der Waals surface area contributed by atoms with Crippen LogP contribution in [0.3, 0.4) is 0 Å². The normalized spacial score (nSPS) is 13.4. The zero-order chi connectivity index (χ0) is 16.0. The van der Waals surface area contributed by atoms with Crippen molar-refractivity contribution in [2.45, 2.75) is 90.9 Å². The number of esters is 1. The van der Waals surface area contributed by atoms with E-state index in [1.165, 1.54) is 0 Å². The van der Waals surface area contributed by atoms with Crippen LogP contribution < -0.4 is 5.73 Å². The SMILES string of the molecule is CCC(C)(C)OC(=O)CCC(C)(C)OCCC(C)(C)N. The molecule has 0 unspecified atom stereocenters. The van der Waals surface area contributed by atoms with E-state index in [0.29, 0.717) is 19.4 Å². The van der Waals surface area contributed by atoms with Crippen molar-refractivity contribution in [1.29, 1.82) is 0 Å². The summed E-state index contributed by atoms with van der Waals surface area (Å²) >= 11 is 0. The predicted octanol–water partition coefficient (Wildman–Crippen LogP) is 3.42. The monoisotopic (exact) mass is 287 g/mol. The molecule has 0 aromatic rings. The standard InChI is InChI=1S/C16H33NO3/c1-8-15(4,5)20-13(18)9-10-16(6,7)19-12-11-14(2,3)17/h8-12,17H2,1-7H3. The van der Waals surface area contributed by atoms with Gasteiger partial charge in [-0.1, -0.05) is 6.92 Å². The molecule has 0 radical (unpaired) electrons. The maximum atomic E-state index is 11.8. The zero-order valence-electron chi connectivity index (χ0n) is 14.3. The van der Waals surface area contributed by atoms with Gasteiger partial charge in [0, 0.05) is 18.6 Å². The van der Waals surface area contributed by atoms with E-state index < -0.39 is 0 Å². The van der Waals surface area contributed by atoms with Gasteiger partial charge in [-0.3, -0.25) is 4.79 Å². The zero-order valence-corrected chi connectivity index (χ0v) is 14.3. The van der Waals surface area contributed by atoms with Crippen molar-refractivity contribution in [1.82, 2.24) is 0 Å². The summed E-state index contributed by atoms with van der Waals surface area (Å²) in [4.78, 5) is 11.8. The third-order valence-corrected chi connectivity index (χ3v) is 3.41. The van der Waals surface area contributed by atoms with E-state index in [-0.39, 0.29) is 22.7 Å². The molecule has 0 fully saturated rings. The van der Waals surface area contributed by atoms with Crippen LogP contribution in [0.4, 0.5) is 0 Å². The quantitative estimate of drug-likeness (QED) is 0.660. The summed E-state index contributed by atoms with van der Waals surface area (Å²) < 4.78 is 11.3. The van der Waals surface area contributed by atoms with Crippen LogP contribution in [-0.4, -0.2) is 29.3 Å². The van der Waals surface area contributed by atoms with Gasteiger partial charge < -0.3 is 15.2 Å². The lowest BCUT2D eigenvalue weighted by Crippen LogP contribution is -2.35. The van der Waals surface area contributed by atoms with Crippen molar-refractivity contribution < 1.29 is 14.3 Å². The van der Waals surface area contributed by atoms with Gasteiger partial charge in [0.1, 0.15) is 5.60 Å². The highest BCUT2D eigenvalue weighted by Crippen LogP contribution is 2.21. The first-order valence-corrected chi connectivity index (χ1v) is 7.52. The number of ether oxygens (including phenoxy) is 2. The molecule has 0 saturated carbocycles. The molecule has 0 aliphatic heterocycles. The summed E-state index contributed by atoms with van der Waals surface area (Å²) in [6.45, 7) is 14.4. The molecular weight excluding hydrogens is 254 g/mol. The molecule has 0 bridgehead atoms. The molecule has 20 heavy (non-hydrogen) atoms. The highest BCUT2D eigenvalue weighted by molar-refractivity contribution is 5.69. The van der Waals surface area contributed by atoms with E-state index in [1.807, 2.05) is 48.5 Å². The number of hydrogen-bond acceptors (Lipinski definition) is 4. The Kier molecular flexibility index (Phi) is 7.19. The molecule has 0 heterocycles. The minimum atomic E-state index is -0.383. The second-order valence-corrected chi connectivity index (χ2v) is 7.43. The third-order valence-electron chi connectivity index (χ3n) is 3.41. The van der Waals surface area contributed by atoms with Gasteiger partial charge in [0.25, 0.3) is 0 Å². The molecule has 120 valence electrons. The van der Waals surface area contributed by atoms with Gasteiger partial charge in [-0.25, -0.2) is 0 Å². The number of nitrogens with two attached hydrogens (primary N) is 1. The van der Waals surface area contributed by atoms with Crippen LogP contribution in [0.5, 0.6) is 0 Å². The van der Waals surface area contributed by atoms with Gasteiger partial charge in [0.2, 0.25) is 0 Å². The summed E-state index contributed by atoms with van der Waals surface area (Å²) in [6, 6.07) is 0. The van der Waals surface area contributed by atoms with Gasteiger partial charge in [-0.15, -0.1) is 0 Å². The second kappa shape index (κ2) is 7.41. The van der Waals surface area contributed by atoms with E-state index in [1.54, 1.807) is 0 Å². The van der Waals surface area contributed by atoms with Gasteiger partial charge >= 0.3 is 5.97 Å². The summed E-state index contributed by atoms with van der Waals surface area (Å²) in [5.74, 6) is -0.160. The molecule has 0 atom stereocenters. The van der Waals surface area contributed by atoms with Crippen molar-refractivity contribution in [2.24, 2.45) is 5.73 Å². The molecule has 0 rings (SSSR count). The van der Waals surface area contributed by atoms with E-state index in [0.717, 1.165) is 12.8 Å². The van der Waals surface area contributed by atoms with Crippen LogP contribution in [0.25, 0.3) is 0 Å². The highest BCUT2D eigenvalue weighted by Gasteiger charge is 2.24. The van der Waals surface area contributed by atoms with Crippen molar-refractivity contribution in [3.05, 3.63) is 0 Å². The Balaban J connectivity index is 4.06. The molecule has 4 nitrogen and oxygen atoms in total. The van der Waals surface area contributed by atoms with Crippen LogP contribution >= 0.6 is 0 Å². The largest absolute Gasteiger partial charge is 0.460 e. The molecule has 4 heteroatoms. The molecule has 0 spiro atoms. The molecule has 0 amide bonds. The average Bonchev–Trinajstić information content (AvgIpc) is 2.24. The van der Waals surface area contributed by atoms with Gasteiger partial charge in [0.05, 0.1) is 5.60 Å². The third kappa shape index (κ3) is 10.2. The first-order chi connectivity index (χ1) is 8.87. The maximum Gasteiger partial charge on any atom is 0.306 e. The minimum Gasteiger partial charge on any atom is -0.460 e. The van der Waals surface area contributed by atoms with E-state index in [9.17, 15) is 4.79 Å². The van der Waals surface area contributed by atoms with E-state index >= 15 is 0 Å². The van der Waals surface area contributed by atoms with Crippen LogP contribution in [0.15, 0.2) is 0 Å². The first-order valence-electron chi connectivity index (χ1n) is 7.52. The predicted molar refractivity (Wildman–Crippen MR) is 82.6 cm³/mol. The molecule has 0 saturated heterocycles. The lowest BCUT2D eigenvalue weighted by molar-refractivity contribution is -0.158. The Morgan fingerprint density at radius 3 is 2.00 bits per heavy atom. The molecule has 0 aromatic heterocycles. The lowest BCUT2D eigenvalue weighted by Gasteiger charge is -2.28. The van der Waals surface area contributed by atoms with Gasteiger partial charge in [0.15, 0.2) is 0 Å². The fourth-order valence-electron chi connectivity index (χ4n) is 1.50. The fourth-order valence-corrected chi connectivity index (χ4v) is 1.50. The molecule has 0 aliphatic carbocycles. The molecule has 0 aromatic carbocycles. The Hall–Kier alpha value is -0.610. The van der Waals surface area contributed by atoms with Crippen LogP contribution in [0.1, 0.15) is 74.1 Å². The first kappa shape index (κ1) is 19.4. The summed E-state index contributed by atoms with van der Waals surface area (Å²) in [7, 11) is 0. The highest BCUT2D eigenvalue weighted by atomic mass is 16.6. The number of carbonyl (C=O) groups is 1. The van der Waals surface area contributed by atoms with Gasteiger partial charge in [-0.05, 0) is 60.8 Å². The molecule has 2 N–H and O–H groups in total. The minimum absolute atomic E-state index is 0.160. The topological polar surface area (TPSA) is 61.5 Å². The van der Waals surface area contributed by atoms with Crippen molar-refractivity contribution in [3.63, 3.8) is 0 Å². The van der Waals surface area contributed by atoms with Crippen LogP contribution in [0, 0.1) is 0 Å². The van der Waals surface area contributed by atoms with Crippen molar-refractivity contribution in [3.8, 4) is 0 Å². The summed E-state index contributed by atoms with van der Waals surface area (Å²) in [6.07, 6.45) is 2.63. The smallest absolute Gasteiger partial charge is 0.306 e. The lowest BCUT2D eigenvalue weighted by atomic mass is 10.0. The Morgan fingerprint density at radius 2 is 1.55 bits per heavy atom. The molecular formula is C16H33NO3. The van der Waals surface area contributed by atoms with Crippen LogP contribution in [0.2, 0.25) is 0 Å². The van der Waals surface area contributed by atoms with E-state index in [2.05, 4.69) is 0 Å². The summed E-state index contributed by atoms with van der Waals surface area (Å²) in [5.41, 5.74) is 4.98. The number of hydrogen-bond donors (Lipinski definition) is 1. The molecule has 0 aliphatic rings. The Labute approximate surface area is 124 Å². The van der Waals surface area contributed by atoms with Crippen molar-refractivity contribution in [2.75, 3.05) is 6.61 Å². The summed E-state index contributed by atoms with van der Waals surface area (Å²) in [5, 5.41) is 0. The van der Waals surface area contributed by atoms with Crippen molar-refractivity contribution >= 4 is 5.97 Å². The van der Waals surface area contributed by atoms with Crippen LogP contribution in [-0.2, 0) is 14.3 Å². The fraction of sp³-hybridized carbons (Fsp3) is 0.938. The average molecular weight is 287 g/mol.